The summed E-state index contributed by atoms with van der Waals surface area (Å²) in [7, 11) is 1.98. The van der Waals surface area contributed by atoms with Crippen LogP contribution in [0.3, 0.4) is 0 Å². The number of thioether (sulfide) groups is 1. The molecule has 2 heterocycles. The summed E-state index contributed by atoms with van der Waals surface area (Å²) in [4.78, 5) is 2.45. The van der Waals surface area contributed by atoms with Crippen LogP contribution in [0, 0.1) is 5.92 Å². The van der Waals surface area contributed by atoms with Crippen molar-refractivity contribution in [3.8, 4) is 0 Å². The van der Waals surface area contributed by atoms with E-state index < -0.39 is 0 Å². The van der Waals surface area contributed by atoms with Crippen LogP contribution in [0.5, 0.6) is 0 Å². The monoisotopic (exact) mass is 435 g/mol. The molecule has 0 aromatic carbocycles. The molecular formula is C24H57N3OS. The molecule has 4 nitrogen and oxygen atoms in total. The lowest BCUT2D eigenvalue weighted by Crippen LogP contribution is -2.47. The average molecular weight is 436 g/mol. The zero-order chi connectivity index (χ0) is 23.0. The lowest BCUT2D eigenvalue weighted by Gasteiger charge is -2.38. The molecule has 0 aliphatic carbocycles. The van der Waals surface area contributed by atoms with Crippen LogP contribution in [0.4, 0.5) is 0 Å². The maximum atomic E-state index is 5.25. The molecule has 2 saturated heterocycles. The molecule has 0 bridgehead atoms. The first-order valence-electron chi connectivity index (χ1n) is 11.9. The highest BCUT2D eigenvalue weighted by molar-refractivity contribution is 7.99. The first-order chi connectivity index (χ1) is 13.7. The number of morpholine rings is 1. The summed E-state index contributed by atoms with van der Waals surface area (Å²) in [6.45, 7) is 27.2. The number of unbranched alkanes of at least 4 members (excludes halogenated alkanes) is 1. The van der Waals surface area contributed by atoms with Crippen LogP contribution in [-0.2, 0) is 4.74 Å². The lowest BCUT2D eigenvalue weighted by atomic mass is 10.1. The zero-order valence-corrected chi connectivity index (χ0v) is 22.6. The van der Waals surface area contributed by atoms with Gasteiger partial charge in [0.2, 0.25) is 0 Å². The van der Waals surface area contributed by atoms with Crippen molar-refractivity contribution < 1.29 is 4.74 Å². The van der Waals surface area contributed by atoms with E-state index in [2.05, 4.69) is 77.8 Å². The van der Waals surface area contributed by atoms with E-state index in [1.807, 2.05) is 18.8 Å². The van der Waals surface area contributed by atoms with Gasteiger partial charge in [-0.15, -0.1) is 0 Å². The molecule has 2 aliphatic heterocycles. The summed E-state index contributed by atoms with van der Waals surface area (Å²) in [5.74, 6) is 3.44. The smallest absolute Gasteiger partial charge is 0.0594 e. The average Bonchev–Trinajstić information content (AvgIpc) is 2.69. The number of hydrogen-bond acceptors (Lipinski definition) is 5. The SMILES string of the molecule is C1CSCCN1.CC(C)(C)N1CCOCC1.CC(C)C.CCC.CCCCNC. The third kappa shape index (κ3) is 36.0. The second-order valence-corrected chi connectivity index (χ2v) is 10.3. The Bertz CT molecular complexity index is 256. The molecule has 5 heteroatoms. The highest BCUT2D eigenvalue weighted by atomic mass is 32.2. The number of rotatable bonds is 3. The van der Waals surface area contributed by atoms with Gasteiger partial charge in [-0.1, -0.05) is 54.4 Å². The van der Waals surface area contributed by atoms with Crippen LogP contribution >= 0.6 is 11.8 Å². The Kier molecular flexibility index (Phi) is 30.6. The zero-order valence-electron chi connectivity index (χ0n) is 21.8. The van der Waals surface area contributed by atoms with Gasteiger partial charge in [-0.05, 0) is 46.7 Å². The maximum Gasteiger partial charge on any atom is 0.0594 e. The lowest BCUT2D eigenvalue weighted by molar-refractivity contribution is -0.00389. The van der Waals surface area contributed by atoms with Crippen molar-refractivity contribution in [3.63, 3.8) is 0 Å². The molecule has 2 N–H and O–H groups in total. The highest BCUT2D eigenvalue weighted by Gasteiger charge is 2.22. The van der Waals surface area contributed by atoms with Gasteiger partial charge in [0.25, 0.3) is 0 Å². The Balaban J connectivity index is -0.000000312. The van der Waals surface area contributed by atoms with Gasteiger partial charge in [0, 0.05) is 43.2 Å². The Morgan fingerprint density at radius 2 is 1.45 bits per heavy atom. The Labute approximate surface area is 189 Å². The minimum Gasteiger partial charge on any atom is -0.379 e. The summed E-state index contributed by atoms with van der Waals surface area (Å²) in [5.41, 5.74) is 0.323. The fourth-order valence-electron chi connectivity index (χ4n) is 2.10. The molecule has 0 aromatic heterocycles. The third-order valence-electron chi connectivity index (χ3n) is 3.59. The third-order valence-corrected chi connectivity index (χ3v) is 4.57. The number of hydrogen-bond donors (Lipinski definition) is 2. The predicted octanol–water partition coefficient (Wildman–Crippen LogP) is 5.52. The summed E-state index contributed by atoms with van der Waals surface area (Å²) in [6, 6.07) is 0. The van der Waals surface area contributed by atoms with E-state index in [9.17, 15) is 0 Å². The Morgan fingerprint density at radius 1 is 1.00 bits per heavy atom. The first-order valence-corrected chi connectivity index (χ1v) is 13.1. The Hall–Kier alpha value is 0.190. The van der Waals surface area contributed by atoms with Crippen LogP contribution in [0.25, 0.3) is 0 Å². The number of ether oxygens (including phenoxy) is 1. The van der Waals surface area contributed by atoms with Crippen molar-refractivity contribution >= 4 is 11.8 Å². The molecule has 180 valence electrons. The molecule has 2 fully saturated rings. The summed E-state index contributed by atoms with van der Waals surface area (Å²) in [5, 5.41) is 6.33. The molecular weight excluding hydrogens is 378 g/mol. The van der Waals surface area contributed by atoms with E-state index in [4.69, 9.17) is 4.74 Å². The van der Waals surface area contributed by atoms with Crippen molar-refractivity contribution in [1.82, 2.24) is 15.5 Å². The summed E-state index contributed by atoms with van der Waals surface area (Å²) < 4.78 is 5.25. The maximum absolute atomic E-state index is 5.25. The first kappa shape index (κ1) is 33.8. The van der Waals surface area contributed by atoms with Crippen LogP contribution in [0.1, 0.15) is 81.6 Å². The number of nitrogens with one attached hydrogen (secondary N) is 2. The van der Waals surface area contributed by atoms with Crippen LogP contribution < -0.4 is 10.6 Å². The summed E-state index contributed by atoms with van der Waals surface area (Å²) in [6.07, 6.45) is 3.84. The molecule has 0 amide bonds. The van der Waals surface area contributed by atoms with Crippen LogP contribution in [0.2, 0.25) is 0 Å². The second-order valence-electron chi connectivity index (χ2n) is 9.03. The van der Waals surface area contributed by atoms with Crippen molar-refractivity contribution in [2.24, 2.45) is 5.92 Å². The van der Waals surface area contributed by atoms with Gasteiger partial charge in [0.15, 0.2) is 0 Å². The van der Waals surface area contributed by atoms with Gasteiger partial charge >= 0.3 is 0 Å². The Morgan fingerprint density at radius 3 is 1.62 bits per heavy atom. The van der Waals surface area contributed by atoms with Crippen LogP contribution in [-0.4, -0.2) is 74.9 Å². The van der Waals surface area contributed by atoms with Crippen molar-refractivity contribution in [3.05, 3.63) is 0 Å². The molecule has 0 unspecified atom stereocenters. The molecule has 2 aliphatic rings. The normalized spacial score (nSPS) is 16.7. The van der Waals surface area contributed by atoms with Gasteiger partial charge in [-0.3, -0.25) is 4.90 Å². The molecule has 0 radical (unpaired) electrons. The standard InChI is InChI=1S/C8H17NO.C5H13N.C4H9NS.C4H10.C3H8/c1-8(2,3)9-4-6-10-7-5-9;1-3-4-5-6-2;1-3-6-4-2-5-1;1-4(2)3;1-3-2/h4-7H2,1-3H3;6H,3-5H2,1-2H3;5H,1-4H2;4H,1-3H3;3H2,1-2H3. The van der Waals surface area contributed by atoms with E-state index in [0.717, 1.165) is 38.8 Å². The molecule has 2 rings (SSSR count). The molecule has 0 spiro atoms. The number of nitrogens with zero attached hydrogens (tertiary/aromatic N) is 1. The highest BCUT2D eigenvalue weighted by Crippen LogP contribution is 2.13. The predicted molar refractivity (Wildman–Crippen MR) is 138 cm³/mol. The van der Waals surface area contributed by atoms with Gasteiger partial charge in [0.1, 0.15) is 0 Å². The molecule has 29 heavy (non-hydrogen) atoms. The second kappa shape index (κ2) is 26.2. The van der Waals surface area contributed by atoms with Crippen molar-refractivity contribution in [1.29, 1.82) is 0 Å². The largest absolute Gasteiger partial charge is 0.379 e. The van der Waals surface area contributed by atoms with E-state index in [1.54, 1.807) is 0 Å². The fourth-order valence-corrected chi connectivity index (χ4v) is 2.88. The van der Waals surface area contributed by atoms with Gasteiger partial charge in [-0.25, -0.2) is 0 Å². The van der Waals surface area contributed by atoms with E-state index in [-0.39, 0.29) is 0 Å². The van der Waals surface area contributed by atoms with Crippen molar-refractivity contribution in [2.75, 3.05) is 64.5 Å². The minimum absolute atomic E-state index is 0.323. The molecule has 0 aromatic rings. The quantitative estimate of drug-likeness (QED) is 0.570. The molecule has 0 atom stereocenters. The topological polar surface area (TPSA) is 36.5 Å². The van der Waals surface area contributed by atoms with E-state index in [1.165, 1.54) is 43.9 Å². The van der Waals surface area contributed by atoms with Gasteiger partial charge in [-0.2, -0.15) is 11.8 Å². The minimum atomic E-state index is 0.323. The summed E-state index contributed by atoms with van der Waals surface area (Å²) >= 11 is 2.03. The van der Waals surface area contributed by atoms with Gasteiger partial charge < -0.3 is 15.4 Å². The van der Waals surface area contributed by atoms with E-state index in [0.29, 0.717) is 5.54 Å². The van der Waals surface area contributed by atoms with Gasteiger partial charge in [0.05, 0.1) is 13.2 Å². The van der Waals surface area contributed by atoms with E-state index >= 15 is 0 Å². The van der Waals surface area contributed by atoms with Crippen molar-refractivity contribution in [2.45, 2.75) is 87.1 Å². The molecule has 0 saturated carbocycles. The fraction of sp³-hybridized carbons (Fsp3) is 1.00. The van der Waals surface area contributed by atoms with Crippen LogP contribution in [0.15, 0.2) is 0 Å².